The van der Waals surface area contributed by atoms with Crippen LogP contribution in [-0.2, 0) is 22.4 Å². The first kappa shape index (κ1) is 15.1. The highest BCUT2D eigenvalue weighted by Crippen LogP contribution is 2.30. The molecule has 1 aromatic heterocycles. The number of thiazole rings is 1. The first-order valence-electron chi connectivity index (χ1n) is 6.53. The van der Waals surface area contributed by atoms with Crippen LogP contribution in [0.2, 0.25) is 0 Å². The van der Waals surface area contributed by atoms with Crippen LogP contribution >= 0.6 is 11.3 Å². The Morgan fingerprint density at radius 3 is 2.85 bits per heavy atom. The Bertz CT molecular complexity index is 496. The summed E-state index contributed by atoms with van der Waals surface area (Å²) in [6, 6.07) is -0.0659. The van der Waals surface area contributed by atoms with Crippen LogP contribution in [0, 0.1) is 0 Å². The van der Waals surface area contributed by atoms with Crippen LogP contribution in [0.25, 0.3) is 0 Å². The summed E-state index contributed by atoms with van der Waals surface area (Å²) in [6.45, 7) is 6.51. The Hall–Kier alpha value is -1.34. The predicted molar refractivity (Wildman–Crippen MR) is 77.7 cm³/mol. The number of aromatic nitrogens is 1. The lowest BCUT2D eigenvalue weighted by Crippen LogP contribution is -2.48. The number of nitrogens with two attached hydrogens (primary N) is 1. The molecule has 1 amide bonds. The topological polar surface area (TPSA) is 77.7 Å². The molecule has 112 valence electrons. The zero-order valence-electron chi connectivity index (χ0n) is 12.3. The molecule has 0 spiro atoms. The number of amides is 1. The maximum Gasteiger partial charge on any atom is 0.410 e. The predicted octanol–water partition coefficient (Wildman–Crippen LogP) is 2.03. The summed E-state index contributed by atoms with van der Waals surface area (Å²) in [5, 5.41) is 0.539. The Morgan fingerprint density at radius 1 is 1.55 bits per heavy atom. The average Bonchev–Trinajstić information content (AvgIpc) is 2.65. The number of carbonyl (C=O) groups is 1. The third kappa shape index (κ3) is 3.40. The van der Waals surface area contributed by atoms with Gasteiger partial charge in [0.05, 0.1) is 24.9 Å². The lowest BCUT2D eigenvalue weighted by atomic mass is 10.1. The number of rotatable bonds is 2. The molecule has 1 aliphatic rings. The quantitative estimate of drug-likeness (QED) is 0.904. The van der Waals surface area contributed by atoms with Crippen LogP contribution in [0.5, 0.6) is 0 Å². The number of hydrogen-bond donors (Lipinski definition) is 1. The third-order valence-corrected chi connectivity index (χ3v) is 3.88. The van der Waals surface area contributed by atoms with Crippen molar-refractivity contribution in [1.29, 1.82) is 0 Å². The molecule has 0 unspecified atom stereocenters. The van der Waals surface area contributed by atoms with Crippen molar-refractivity contribution in [3.8, 4) is 0 Å². The highest BCUT2D eigenvalue weighted by Gasteiger charge is 2.34. The van der Waals surface area contributed by atoms with Gasteiger partial charge in [0.15, 0.2) is 5.13 Å². The molecule has 0 saturated heterocycles. The number of methoxy groups -OCH3 is 1. The number of ether oxygens (including phenoxy) is 2. The highest BCUT2D eigenvalue weighted by atomic mass is 32.1. The van der Waals surface area contributed by atoms with Crippen LogP contribution in [0.4, 0.5) is 9.93 Å². The maximum atomic E-state index is 12.3. The lowest BCUT2D eigenvalue weighted by Gasteiger charge is -2.35. The van der Waals surface area contributed by atoms with Gasteiger partial charge in [0.2, 0.25) is 0 Å². The summed E-state index contributed by atoms with van der Waals surface area (Å²) in [6.07, 6.45) is 0.327. The van der Waals surface area contributed by atoms with Crippen molar-refractivity contribution in [3.63, 3.8) is 0 Å². The van der Waals surface area contributed by atoms with E-state index in [-0.39, 0.29) is 12.1 Å². The maximum absolute atomic E-state index is 12.3. The third-order valence-electron chi connectivity index (χ3n) is 2.97. The van der Waals surface area contributed by atoms with Gasteiger partial charge in [-0.05, 0) is 20.8 Å². The highest BCUT2D eigenvalue weighted by molar-refractivity contribution is 7.15. The molecule has 7 heteroatoms. The number of nitrogen functional groups attached to an aromatic ring is 1. The van der Waals surface area contributed by atoms with E-state index in [1.54, 1.807) is 12.0 Å². The van der Waals surface area contributed by atoms with Gasteiger partial charge in [-0.2, -0.15) is 0 Å². The number of anilines is 1. The van der Waals surface area contributed by atoms with Gasteiger partial charge >= 0.3 is 6.09 Å². The van der Waals surface area contributed by atoms with E-state index >= 15 is 0 Å². The number of nitrogens with zero attached hydrogens (tertiary/aromatic N) is 2. The summed E-state index contributed by atoms with van der Waals surface area (Å²) < 4.78 is 10.7. The van der Waals surface area contributed by atoms with Gasteiger partial charge in [-0.3, -0.25) is 4.90 Å². The molecule has 0 saturated carbocycles. The first-order chi connectivity index (χ1) is 9.30. The Morgan fingerprint density at radius 2 is 2.25 bits per heavy atom. The number of fused-ring (bicyclic) bond motifs is 1. The van der Waals surface area contributed by atoms with Crippen LogP contribution < -0.4 is 5.73 Å². The number of carbonyl (C=O) groups excluding carboxylic acids is 1. The van der Waals surface area contributed by atoms with Crippen LogP contribution in [-0.4, -0.2) is 41.3 Å². The minimum atomic E-state index is -0.512. The molecule has 0 radical (unpaired) electrons. The molecule has 0 aromatic carbocycles. The second kappa shape index (κ2) is 5.57. The van der Waals surface area contributed by atoms with Gasteiger partial charge in [0.1, 0.15) is 5.60 Å². The van der Waals surface area contributed by atoms with Gasteiger partial charge in [-0.25, -0.2) is 9.78 Å². The molecular weight excluding hydrogens is 278 g/mol. The molecule has 2 heterocycles. The van der Waals surface area contributed by atoms with Crippen molar-refractivity contribution in [2.24, 2.45) is 0 Å². The fourth-order valence-corrected chi connectivity index (χ4v) is 3.04. The minimum absolute atomic E-state index is 0.0659. The first-order valence-corrected chi connectivity index (χ1v) is 7.34. The number of hydrogen-bond acceptors (Lipinski definition) is 6. The molecule has 2 N–H and O–H groups in total. The van der Waals surface area contributed by atoms with E-state index in [1.807, 2.05) is 20.8 Å². The molecule has 1 aromatic rings. The van der Waals surface area contributed by atoms with E-state index in [9.17, 15) is 4.79 Å². The minimum Gasteiger partial charge on any atom is -0.444 e. The van der Waals surface area contributed by atoms with Gasteiger partial charge in [-0.1, -0.05) is 0 Å². The Kier molecular flexibility index (Phi) is 4.19. The zero-order valence-corrected chi connectivity index (χ0v) is 13.1. The molecule has 0 bridgehead atoms. The summed E-state index contributed by atoms with van der Waals surface area (Å²) in [4.78, 5) is 19.4. The normalized spacial score (nSPS) is 18.8. The second-order valence-electron chi connectivity index (χ2n) is 5.84. The van der Waals surface area contributed by atoms with Gasteiger partial charge in [0.25, 0.3) is 0 Å². The molecular formula is C13H21N3O3S. The van der Waals surface area contributed by atoms with Crippen LogP contribution in [0.1, 0.15) is 31.3 Å². The van der Waals surface area contributed by atoms with E-state index < -0.39 is 5.60 Å². The lowest BCUT2D eigenvalue weighted by molar-refractivity contribution is 0.00110. The Balaban J connectivity index is 2.19. The molecule has 2 rings (SSSR count). The van der Waals surface area contributed by atoms with Crippen LogP contribution in [0.15, 0.2) is 0 Å². The molecule has 6 nitrogen and oxygen atoms in total. The summed E-state index contributed by atoms with van der Waals surface area (Å²) in [5.74, 6) is 0. The fourth-order valence-electron chi connectivity index (χ4n) is 2.18. The molecule has 1 atom stereocenters. The van der Waals surface area contributed by atoms with Gasteiger partial charge in [-0.15, -0.1) is 11.3 Å². The van der Waals surface area contributed by atoms with Crippen molar-refractivity contribution in [1.82, 2.24) is 9.88 Å². The van der Waals surface area contributed by atoms with Gasteiger partial charge < -0.3 is 15.2 Å². The second-order valence-corrected chi connectivity index (χ2v) is 6.96. The smallest absolute Gasteiger partial charge is 0.410 e. The summed E-state index contributed by atoms with van der Waals surface area (Å²) in [7, 11) is 1.62. The standard InChI is InChI=1S/C13H21N3O3S/c1-13(2,3)19-12(17)16-6-10-9(15-11(14)20-10)5-8(16)7-18-4/h8H,5-7H2,1-4H3,(H2,14,15)/t8-/m0/s1. The van der Waals surface area contributed by atoms with Crippen molar-refractivity contribution < 1.29 is 14.3 Å². The Labute approximate surface area is 122 Å². The molecule has 0 aliphatic carbocycles. The summed E-state index contributed by atoms with van der Waals surface area (Å²) >= 11 is 1.43. The average molecular weight is 299 g/mol. The molecule has 0 fully saturated rings. The van der Waals surface area contributed by atoms with E-state index in [1.165, 1.54) is 11.3 Å². The van der Waals surface area contributed by atoms with Crippen molar-refractivity contribution in [2.45, 2.75) is 45.4 Å². The zero-order chi connectivity index (χ0) is 14.9. The molecule has 1 aliphatic heterocycles. The van der Waals surface area contributed by atoms with E-state index in [0.717, 1.165) is 10.6 Å². The SMILES string of the molecule is COC[C@@H]1Cc2nc(N)sc2CN1C(=O)OC(C)(C)C. The molecule has 20 heavy (non-hydrogen) atoms. The fraction of sp³-hybridized carbons (Fsp3) is 0.692. The van der Waals surface area contributed by atoms with E-state index in [4.69, 9.17) is 15.2 Å². The largest absolute Gasteiger partial charge is 0.444 e. The van der Waals surface area contributed by atoms with Crippen molar-refractivity contribution >= 4 is 22.6 Å². The monoisotopic (exact) mass is 299 g/mol. The van der Waals surface area contributed by atoms with Crippen molar-refractivity contribution in [2.75, 3.05) is 19.5 Å². The van der Waals surface area contributed by atoms with Gasteiger partial charge in [0, 0.05) is 18.4 Å². The summed E-state index contributed by atoms with van der Waals surface area (Å²) in [5.41, 5.74) is 6.20. The van der Waals surface area contributed by atoms with Crippen LogP contribution in [0.3, 0.4) is 0 Å². The van der Waals surface area contributed by atoms with Crippen molar-refractivity contribution in [3.05, 3.63) is 10.6 Å². The van der Waals surface area contributed by atoms with E-state index in [2.05, 4.69) is 4.98 Å². The van der Waals surface area contributed by atoms with E-state index in [0.29, 0.717) is 24.7 Å².